The highest BCUT2D eigenvalue weighted by Gasteiger charge is 2.41. The van der Waals surface area contributed by atoms with Crippen LogP contribution in [0.15, 0.2) is 65.7 Å². The molecular formula is C39H42B2N10O3. The molecule has 2 amide bonds. The van der Waals surface area contributed by atoms with Crippen LogP contribution in [0.5, 0.6) is 0 Å². The fourth-order valence-corrected chi connectivity index (χ4v) is 7.67. The van der Waals surface area contributed by atoms with E-state index in [0.29, 0.717) is 53.4 Å². The van der Waals surface area contributed by atoms with E-state index >= 15 is 0 Å². The lowest BCUT2D eigenvalue weighted by Crippen LogP contribution is -2.60. The first kappa shape index (κ1) is 35.6. The molecule has 5 aromatic rings. The van der Waals surface area contributed by atoms with Gasteiger partial charge in [0, 0.05) is 68.2 Å². The highest BCUT2D eigenvalue weighted by Crippen LogP contribution is 2.45. The molecule has 4 aliphatic rings. The van der Waals surface area contributed by atoms with Crippen LogP contribution in [0, 0.1) is 5.92 Å². The lowest BCUT2D eigenvalue weighted by molar-refractivity contribution is -0.117. The molecule has 3 aliphatic heterocycles. The van der Waals surface area contributed by atoms with Gasteiger partial charge in [0.05, 0.1) is 68.1 Å². The van der Waals surface area contributed by atoms with Gasteiger partial charge in [-0.25, -0.2) is 9.97 Å². The molecule has 0 unspecified atom stereocenters. The van der Waals surface area contributed by atoms with E-state index in [0.717, 1.165) is 67.0 Å². The normalized spacial score (nSPS) is 16.9. The van der Waals surface area contributed by atoms with Crippen molar-refractivity contribution in [3.05, 3.63) is 88.4 Å². The number of benzene rings is 1. The number of anilines is 4. The molecule has 0 atom stereocenters. The Morgan fingerprint density at radius 3 is 2.48 bits per heavy atom. The van der Waals surface area contributed by atoms with Crippen molar-refractivity contribution in [3.63, 3.8) is 0 Å². The molecule has 1 saturated carbocycles. The number of fused-ring (bicyclic) bond motifs is 4. The Kier molecular flexibility index (Phi) is 9.29. The Morgan fingerprint density at radius 1 is 0.963 bits per heavy atom. The molecular weight excluding hydrogens is 678 g/mol. The van der Waals surface area contributed by atoms with E-state index in [4.69, 9.17) is 20.8 Å². The molecule has 3 N–H and O–H groups in total. The van der Waals surface area contributed by atoms with Gasteiger partial charge in [0.1, 0.15) is 11.5 Å². The summed E-state index contributed by atoms with van der Waals surface area (Å²) in [6, 6.07) is 14.8. The highest BCUT2D eigenvalue weighted by molar-refractivity contribution is 6.39. The second kappa shape index (κ2) is 14.1. The summed E-state index contributed by atoms with van der Waals surface area (Å²) in [5, 5.41) is 10.3. The number of H-pyrrole nitrogens is 1. The third-order valence-corrected chi connectivity index (χ3v) is 10.7. The zero-order valence-electron chi connectivity index (χ0n) is 30.8. The zero-order valence-corrected chi connectivity index (χ0v) is 30.8. The van der Waals surface area contributed by atoms with Crippen LogP contribution in [0.1, 0.15) is 67.4 Å². The number of nitrogens with zero attached hydrogens (tertiary/aromatic N) is 7. The van der Waals surface area contributed by atoms with E-state index in [9.17, 15) is 14.4 Å². The molecule has 1 aliphatic carbocycles. The quantitative estimate of drug-likeness (QED) is 0.198. The topological polar surface area (TPSA) is 144 Å². The molecule has 7 heterocycles. The number of aromatic amines is 1. The second-order valence-electron chi connectivity index (χ2n) is 14.3. The van der Waals surface area contributed by atoms with Crippen molar-refractivity contribution in [2.24, 2.45) is 5.92 Å². The van der Waals surface area contributed by atoms with Gasteiger partial charge in [0.2, 0.25) is 5.91 Å². The molecule has 272 valence electrons. The van der Waals surface area contributed by atoms with Crippen molar-refractivity contribution in [3.8, 4) is 11.1 Å². The summed E-state index contributed by atoms with van der Waals surface area (Å²) in [6.07, 6.45) is 7.21. The number of hydrogen-bond donors (Lipinski definition) is 3. The zero-order chi connectivity index (χ0) is 37.7. The Hall–Kier alpha value is -5.43. The molecule has 1 aromatic carbocycles. The standard InChI is InChI=1S/C37H36B2N10O3.C2H6/c1-46-20-29-24(17-41-49(29)22-18-48(19-22)37(38,39)30-9-5-8-27(43-30)36(52)47-14-2-3-15-47)23-6-4-7-26(33(23)46)42-28-16-31(45-34(50)21-10-11-21)44-25-12-13-40-35(51)32(25)28;1-2/h4-9,12-13,16-17,21-22H,2-3,10-11,14-15,18-20H2,1H3,(H,40,51)(H2,42,44,45,50);1-2H3. The summed E-state index contributed by atoms with van der Waals surface area (Å²) >= 11 is 0. The van der Waals surface area contributed by atoms with Crippen LogP contribution in [0.3, 0.4) is 0 Å². The van der Waals surface area contributed by atoms with Crippen LogP contribution in [0.4, 0.5) is 22.9 Å². The maximum absolute atomic E-state index is 13.0. The molecule has 9 rings (SSSR count). The maximum atomic E-state index is 13.0. The number of nitrogens with one attached hydrogen (secondary N) is 3. The van der Waals surface area contributed by atoms with E-state index in [-0.39, 0.29) is 29.3 Å². The molecule has 0 bridgehead atoms. The first-order chi connectivity index (χ1) is 26.2. The molecule has 15 heteroatoms. The van der Waals surface area contributed by atoms with Gasteiger partial charge < -0.3 is 30.3 Å². The number of para-hydroxylation sites is 1. The predicted molar refractivity (Wildman–Crippen MR) is 211 cm³/mol. The van der Waals surface area contributed by atoms with Gasteiger partial charge in [-0.2, -0.15) is 5.10 Å². The lowest BCUT2D eigenvalue weighted by atomic mass is 9.57. The van der Waals surface area contributed by atoms with Crippen molar-refractivity contribution in [1.29, 1.82) is 0 Å². The van der Waals surface area contributed by atoms with Gasteiger partial charge in [-0.05, 0) is 55.3 Å². The second-order valence-corrected chi connectivity index (χ2v) is 14.3. The van der Waals surface area contributed by atoms with E-state index < -0.39 is 5.34 Å². The molecule has 4 radical (unpaired) electrons. The van der Waals surface area contributed by atoms with Gasteiger partial charge in [-0.15, -0.1) is 0 Å². The number of rotatable bonds is 8. The van der Waals surface area contributed by atoms with Gasteiger partial charge in [-0.3, -0.25) is 19.1 Å². The minimum absolute atomic E-state index is 0.0136. The average Bonchev–Trinajstić information content (AvgIpc) is 3.71. The van der Waals surface area contributed by atoms with E-state index in [1.165, 1.54) is 0 Å². The van der Waals surface area contributed by atoms with Crippen LogP contribution in [-0.4, -0.2) is 95.3 Å². The highest BCUT2D eigenvalue weighted by atomic mass is 16.2. The van der Waals surface area contributed by atoms with E-state index in [2.05, 4.69) is 41.2 Å². The number of carbonyl (C=O) groups is 2. The maximum Gasteiger partial charge on any atom is 0.272 e. The van der Waals surface area contributed by atoms with Gasteiger partial charge in [0.25, 0.3) is 11.5 Å². The molecule has 2 saturated heterocycles. The minimum Gasteiger partial charge on any atom is -0.366 e. The SMILES string of the molecule is CC.[B]C([B])(c1cccc(C(=O)N2CCCC2)n1)N1CC(n2ncc3c2CN(C)c2c(Nc4cc(NC(=O)C5CC5)nc5cc[nH]c(=O)c45)cccc2-3)C1. The van der Waals surface area contributed by atoms with Crippen molar-refractivity contribution >= 4 is 61.3 Å². The summed E-state index contributed by atoms with van der Waals surface area (Å²) in [4.78, 5) is 56.5. The Labute approximate surface area is 316 Å². The van der Waals surface area contributed by atoms with Crippen molar-refractivity contribution < 1.29 is 9.59 Å². The third kappa shape index (κ3) is 6.33. The Bertz CT molecular complexity index is 2310. The molecule has 0 spiro atoms. The smallest absolute Gasteiger partial charge is 0.272 e. The fourth-order valence-electron chi connectivity index (χ4n) is 7.67. The first-order valence-electron chi connectivity index (χ1n) is 18.8. The van der Waals surface area contributed by atoms with E-state index in [1.807, 2.05) is 49.0 Å². The molecule has 13 nitrogen and oxygen atoms in total. The third-order valence-electron chi connectivity index (χ3n) is 10.7. The minimum atomic E-state index is -1.35. The number of hydrogen-bond acceptors (Lipinski definition) is 9. The average molecular weight is 720 g/mol. The summed E-state index contributed by atoms with van der Waals surface area (Å²) in [5.41, 5.74) is 6.42. The number of aromatic nitrogens is 5. The van der Waals surface area contributed by atoms with Gasteiger partial charge in [0.15, 0.2) is 0 Å². The fraction of sp³-hybridized carbons (Fsp3) is 0.385. The van der Waals surface area contributed by atoms with Crippen molar-refractivity contribution in [2.45, 2.75) is 57.5 Å². The molecule has 4 aromatic heterocycles. The molecule has 54 heavy (non-hydrogen) atoms. The summed E-state index contributed by atoms with van der Waals surface area (Å²) in [5.74, 6) is 0.261. The van der Waals surface area contributed by atoms with E-state index in [1.54, 1.807) is 36.5 Å². The number of likely N-dealkylation sites (tertiary alicyclic amines) is 2. The summed E-state index contributed by atoms with van der Waals surface area (Å²) in [6.45, 7) is 7.21. The van der Waals surface area contributed by atoms with Crippen LogP contribution in [0.2, 0.25) is 0 Å². The Balaban J connectivity index is 0.00000203. The van der Waals surface area contributed by atoms with Gasteiger partial charge in [-0.1, -0.05) is 32.0 Å². The molecule has 3 fully saturated rings. The Morgan fingerprint density at radius 2 is 1.72 bits per heavy atom. The van der Waals surface area contributed by atoms with Crippen LogP contribution in [0.25, 0.3) is 22.0 Å². The predicted octanol–water partition coefficient (Wildman–Crippen LogP) is 4.49. The summed E-state index contributed by atoms with van der Waals surface area (Å²) < 4.78 is 2.06. The lowest BCUT2D eigenvalue weighted by Gasteiger charge is -2.50. The van der Waals surface area contributed by atoms with Gasteiger partial charge >= 0.3 is 0 Å². The summed E-state index contributed by atoms with van der Waals surface area (Å²) in [7, 11) is 15.4. The monoisotopic (exact) mass is 720 g/mol. The largest absolute Gasteiger partial charge is 0.366 e. The number of carbonyl (C=O) groups excluding carboxylic acids is 2. The number of pyridine rings is 3. The van der Waals surface area contributed by atoms with Crippen molar-refractivity contribution in [1.82, 2.24) is 34.5 Å². The number of amides is 2. The first-order valence-corrected chi connectivity index (χ1v) is 18.8. The van der Waals surface area contributed by atoms with Crippen molar-refractivity contribution in [2.75, 3.05) is 48.8 Å². The van der Waals surface area contributed by atoms with Crippen LogP contribution < -0.4 is 21.1 Å². The van der Waals surface area contributed by atoms with Crippen LogP contribution >= 0.6 is 0 Å². The van der Waals surface area contributed by atoms with Crippen LogP contribution in [-0.2, 0) is 16.7 Å².